The topological polar surface area (TPSA) is 75.6 Å². The number of carboxylic acids is 1. The van der Waals surface area contributed by atoms with Crippen molar-refractivity contribution in [3.05, 3.63) is 76.9 Å². The largest absolute Gasteiger partial charge is 0.478 e. The summed E-state index contributed by atoms with van der Waals surface area (Å²) in [5.74, 6) is -0.965. The number of alkyl carbamates (subject to hydrolysis) is 1. The number of hydrogen-bond donors (Lipinski definition) is 2. The van der Waals surface area contributed by atoms with Gasteiger partial charge in [0.25, 0.3) is 0 Å². The molecule has 2 rings (SSSR count). The van der Waals surface area contributed by atoms with Crippen LogP contribution in [0.2, 0.25) is 0 Å². The zero-order chi connectivity index (χ0) is 17.4. The van der Waals surface area contributed by atoms with Crippen molar-refractivity contribution in [2.24, 2.45) is 0 Å². The van der Waals surface area contributed by atoms with Crippen LogP contribution >= 0.6 is 0 Å². The number of aromatic carboxylic acids is 1. The van der Waals surface area contributed by atoms with Gasteiger partial charge in [0.15, 0.2) is 0 Å². The molecule has 2 aromatic rings. The second kappa shape index (κ2) is 8.53. The molecule has 0 fully saturated rings. The number of benzene rings is 2. The fraction of sp³-hybridized carbons (Fsp3) is 0.158. The van der Waals surface area contributed by atoms with Gasteiger partial charge in [0.2, 0.25) is 0 Å². The van der Waals surface area contributed by atoms with Crippen LogP contribution in [-0.2, 0) is 11.3 Å². The minimum Gasteiger partial charge on any atom is -0.478 e. The minimum atomic E-state index is -0.965. The van der Waals surface area contributed by atoms with E-state index in [4.69, 9.17) is 9.84 Å². The Labute approximate surface area is 140 Å². The standard InChI is InChI=1S/C19H19NO4/c1-14-9-10-17(18(21)22)12-16(14)8-5-11-20-19(23)24-13-15-6-3-2-4-7-15/h2-10,12H,11,13H2,1H3,(H,20,23)(H,21,22). The molecule has 0 atom stereocenters. The van der Waals surface area contributed by atoms with Crippen molar-refractivity contribution in [2.75, 3.05) is 6.54 Å². The Hall–Kier alpha value is -3.08. The predicted molar refractivity (Wildman–Crippen MR) is 91.8 cm³/mol. The molecule has 5 heteroatoms. The van der Waals surface area contributed by atoms with E-state index in [0.29, 0.717) is 6.54 Å². The van der Waals surface area contributed by atoms with E-state index in [0.717, 1.165) is 16.7 Å². The van der Waals surface area contributed by atoms with Crippen LogP contribution in [0.5, 0.6) is 0 Å². The maximum absolute atomic E-state index is 11.6. The molecule has 124 valence electrons. The Morgan fingerprint density at radius 3 is 2.62 bits per heavy atom. The molecule has 2 N–H and O–H groups in total. The Bertz CT molecular complexity index is 738. The number of carbonyl (C=O) groups excluding carboxylic acids is 1. The molecule has 0 aromatic heterocycles. The van der Waals surface area contributed by atoms with Gasteiger partial charge in [-0.3, -0.25) is 0 Å². The first-order chi connectivity index (χ1) is 11.6. The first kappa shape index (κ1) is 17.3. The van der Waals surface area contributed by atoms with Crippen LogP contribution in [0, 0.1) is 6.92 Å². The summed E-state index contributed by atoms with van der Waals surface area (Å²) >= 11 is 0. The average molecular weight is 325 g/mol. The summed E-state index contributed by atoms with van der Waals surface area (Å²) in [5, 5.41) is 11.6. The van der Waals surface area contributed by atoms with Crippen LogP contribution in [-0.4, -0.2) is 23.7 Å². The number of nitrogens with one attached hydrogen (secondary N) is 1. The summed E-state index contributed by atoms with van der Waals surface area (Å²) in [5.41, 5.74) is 2.91. The number of carboxylic acid groups (broad SMARTS) is 1. The lowest BCUT2D eigenvalue weighted by Crippen LogP contribution is -2.24. The van der Waals surface area contributed by atoms with Crippen molar-refractivity contribution in [1.29, 1.82) is 0 Å². The van der Waals surface area contributed by atoms with Gasteiger partial charge in [-0.1, -0.05) is 48.6 Å². The summed E-state index contributed by atoms with van der Waals surface area (Å²) in [6.45, 7) is 2.41. The molecule has 0 aliphatic heterocycles. The van der Waals surface area contributed by atoms with Gasteiger partial charge in [-0.2, -0.15) is 0 Å². The highest BCUT2D eigenvalue weighted by Gasteiger charge is 2.04. The SMILES string of the molecule is Cc1ccc(C(=O)O)cc1C=CCNC(=O)OCc1ccccc1. The van der Waals surface area contributed by atoms with Crippen LogP contribution in [0.15, 0.2) is 54.6 Å². The predicted octanol–water partition coefficient (Wildman–Crippen LogP) is 3.63. The van der Waals surface area contributed by atoms with Crippen LogP contribution < -0.4 is 5.32 Å². The zero-order valence-corrected chi connectivity index (χ0v) is 13.4. The minimum absolute atomic E-state index is 0.218. The first-order valence-electron chi connectivity index (χ1n) is 7.51. The number of hydrogen-bond acceptors (Lipinski definition) is 3. The number of carbonyl (C=O) groups is 2. The van der Waals surface area contributed by atoms with Gasteiger partial charge in [0.05, 0.1) is 5.56 Å². The molecule has 0 heterocycles. The van der Waals surface area contributed by atoms with E-state index in [1.165, 1.54) is 0 Å². The van der Waals surface area contributed by atoms with E-state index in [1.54, 1.807) is 30.4 Å². The fourth-order valence-electron chi connectivity index (χ4n) is 2.06. The van der Waals surface area contributed by atoms with Crippen molar-refractivity contribution >= 4 is 18.1 Å². The normalized spacial score (nSPS) is 10.5. The quantitative estimate of drug-likeness (QED) is 0.850. The van der Waals surface area contributed by atoms with Crippen molar-refractivity contribution < 1.29 is 19.4 Å². The molecule has 24 heavy (non-hydrogen) atoms. The number of aryl methyl sites for hydroxylation is 1. The summed E-state index contributed by atoms with van der Waals surface area (Å²) in [4.78, 5) is 22.6. The molecule has 0 aliphatic rings. The lowest BCUT2D eigenvalue weighted by Gasteiger charge is -2.05. The highest BCUT2D eigenvalue weighted by atomic mass is 16.5. The van der Waals surface area contributed by atoms with E-state index >= 15 is 0 Å². The van der Waals surface area contributed by atoms with Crippen LogP contribution in [0.25, 0.3) is 6.08 Å². The van der Waals surface area contributed by atoms with Crippen molar-refractivity contribution in [3.8, 4) is 0 Å². The molecule has 0 radical (unpaired) electrons. The molecule has 1 amide bonds. The molecule has 5 nitrogen and oxygen atoms in total. The highest BCUT2D eigenvalue weighted by molar-refractivity contribution is 5.88. The Kier molecular flexibility index (Phi) is 6.14. The molecule has 0 aliphatic carbocycles. The van der Waals surface area contributed by atoms with Crippen LogP contribution in [0.3, 0.4) is 0 Å². The van der Waals surface area contributed by atoms with E-state index in [2.05, 4.69) is 5.32 Å². The van der Waals surface area contributed by atoms with Gasteiger partial charge in [0, 0.05) is 6.54 Å². The van der Waals surface area contributed by atoms with Gasteiger partial charge >= 0.3 is 12.1 Å². The monoisotopic (exact) mass is 325 g/mol. The van der Waals surface area contributed by atoms with Crippen molar-refractivity contribution in [3.63, 3.8) is 0 Å². The van der Waals surface area contributed by atoms with Crippen molar-refractivity contribution in [2.45, 2.75) is 13.5 Å². The Balaban J connectivity index is 1.81. The van der Waals surface area contributed by atoms with E-state index in [-0.39, 0.29) is 12.2 Å². The maximum Gasteiger partial charge on any atom is 0.407 e. The average Bonchev–Trinajstić information content (AvgIpc) is 2.59. The number of amides is 1. The fourth-order valence-corrected chi connectivity index (χ4v) is 2.06. The van der Waals surface area contributed by atoms with Gasteiger partial charge in [0.1, 0.15) is 6.61 Å². The highest BCUT2D eigenvalue weighted by Crippen LogP contribution is 2.13. The lowest BCUT2D eigenvalue weighted by molar-refractivity contribution is 0.0696. The Morgan fingerprint density at radius 2 is 1.92 bits per heavy atom. The summed E-state index contributed by atoms with van der Waals surface area (Å²) in [7, 11) is 0. The molecule has 0 saturated heterocycles. The lowest BCUT2D eigenvalue weighted by atomic mass is 10.0. The van der Waals surface area contributed by atoms with Crippen molar-refractivity contribution in [1.82, 2.24) is 5.32 Å². The summed E-state index contributed by atoms with van der Waals surface area (Å²) in [6, 6.07) is 14.3. The van der Waals surface area contributed by atoms with Crippen LogP contribution in [0.1, 0.15) is 27.0 Å². The van der Waals surface area contributed by atoms with Gasteiger partial charge in [-0.15, -0.1) is 0 Å². The molecular weight excluding hydrogens is 306 g/mol. The smallest absolute Gasteiger partial charge is 0.407 e. The van der Waals surface area contributed by atoms with Crippen LogP contribution in [0.4, 0.5) is 4.79 Å². The molecule has 0 unspecified atom stereocenters. The van der Waals surface area contributed by atoms with E-state index in [9.17, 15) is 9.59 Å². The second-order valence-electron chi connectivity index (χ2n) is 5.22. The molecule has 0 bridgehead atoms. The first-order valence-corrected chi connectivity index (χ1v) is 7.51. The molecular formula is C19H19NO4. The van der Waals surface area contributed by atoms with Gasteiger partial charge < -0.3 is 15.2 Å². The van der Waals surface area contributed by atoms with E-state index < -0.39 is 12.1 Å². The maximum atomic E-state index is 11.6. The summed E-state index contributed by atoms with van der Waals surface area (Å²) < 4.78 is 5.09. The van der Waals surface area contributed by atoms with E-state index in [1.807, 2.05) is 37.3 Å². The molecule has 2 aromatic carbocycles. The number of ether oxygens (including phenoxy) is 1. The third-order valence-corrected chi connectivity index (χ3v) is 3.40. The second-order valence-corrected chi connectivity index (χ2v) is 5.22. The third kappa shape index (κ3) is 5.28. The molecule has 0 saturated carbocycles. The summed E-state index contributed by atoms with van der Waals surface area (Å²) in [6.07, 6.45) is 3.02. The van der Waals surface area contributed by atoms with Gasteiger partial charge in [-0.25, -0.2) is 9.59 Å². The molecule has 0 spiro atoms. The number of rotatable bonds is 6. The zero-order valence-electron chi connectivity index (χ0n) is 13.4. The van der Waals surface area contributed by atoms with Gasteiger partial charge in [-0.05, 0) is 35.7 Å². The Morgan fingerprint density at radius 1 is 1.17 bits per heavy atom. The third-order valence-electron chi connectivity index (χ3n) is 3.40.